The zero-order valence-electron chi connectivity index (χ0n) is 10.5. The number of aryl methyl sites for hydroxylation is 1. The molecule has 1 aromatic heterocycles. The maximum absolute atomic E-state index is 11.3. The van der Waals surface area contributed by atoms with E-state index in [0.717, 1.165) is 22.0 Å². The first-order chi connectivity index (χ1) is 9.19. The van der Waals surface area contributed by atoms with Crippen molar-refractivity contribution in [3.05, 3.63) is 53.3 Å². The summed E-state index contributed by atoms with van der Waals surface area (Å²) in [6.45, 7) is 1.95. The minimum absolute atomic E-state index is 0.291. The van der Waals surface area contributed by atoms with Gasteiger partial charge in [0.25, 0.3) is 5.91 Å². The third-order valence-corrected chi connectivity index (χ3v) is 3.42. The van der Waals surface area contributed by atoms with Crippen LogP contribution < -0.4 is 11.3 Å². The van der Waals surface area contributed by atoms with Crippen molar-refractivity contribution in [1.82, 2.24) is 15.4 Å². The molecule has 0 aliphatic carbocycles. The number of carbonyl (C=O) groups is 1. The molecule has 1 heterocycles. The summed E-state index contributed by atoms with van der Waals surface area (Å²) in [7, 11) is 0. The predicted molar refractivity (Wildman–Crippen MR) is 74.4 cm³/mol. The Kier molecular flexibility index (Phi) is 4.48. The van der Waals surface area contributed by atoms with Crippen LogP contribution in [0.1, 0.15) is 21.5 Å². The Balaban J connectivity index is 1.96. The number of carbonyl (C=O) groups excluding carboxylic acids is 1. The number of thioether (sulfide) groups is 1. The van der Waals surface area contributed by atoms with E-state index in [1.165, 1.54) is 0 Å². The standard InChI is InChI=1S/C13H14N4OS/c1-9-6-15-13(16-7-9)19-8-10-2-4-11(5-3-10)12(18)17-14/h2-7H,8,14H2,1H3,(H,17,18). The summed E-state index contributed by atoms with van der Waals surface area (Å²) in [6.07, 6.45) is 3.59. The van der Waals surface area contributed by atoms with Gasteiger partial charge in [0.1, 0.15) is 0 Å². The first-order valence-electron chi connectivity index (χ1n) is 5.70. The lowest BCUT2D eigenvalue weighted by Crippen LogP contribution is -2.29. The Morgan fingerprint density at radius 3 is 2.47 bits per heavy atom. The summed E-state index contributed by atoms with van der Waals surface area (Å²) in [5.41, 5.74) is 4.79. The van der Waals surface area contributed by atoms with Gasteiger partial charge in [-0.3, -0.25) is 10.2 Å². The van der Waals surface area contributed by atoms with E-state index in [0.29, 0.717) is 5.56 Å². The fourth-order valence-corrected chi connectivity index (χ4v) is 2.18. The molecule has 2 aromatic rings. The normalized spacial score (nSPS) is 10.2. The van der Waals surface area contributed by atoms with Gasteiger partial charge in [-0.2, -0.15) is 0 Å². The molecule has 19 heavy (non-hydrogen) atoms. The number of amides is 1. The first-order valence-corrected chi connectivity index (χ1v) is 6.69. The highest BCUT2D eigenvalue weighted by Gasteiger charge is 2.03. The van der Waals surface area contributed by atoms with Crippen molar-refractivity contribution in [3.63, 3.8) is 0 Å². The lowest BCUT2D eigenvalue weighted by Gasteiger charge is -2.03. The van der Waals surface area contributed by atoms with E-state index in [9.17, 15) is 4.79 Å². The molecule has 2 rings (SSSR count). The fraction of sp³-hybridized carbons (Fsp3) is 0.154. The average molecular weight is 274 g/mol. The van der Waals surface area contributed by atoms with Crippen LogP contribution in [0.2, 0.25) is 0 Å². The number of benzene rings is 1. The van der Waals surface area contributed by atoms with Crippen molar-refractivity contribution >= 4 is 17.7 Å². The molecule has 0 aliphatic rings. The quantitative estimate of drug-likeness (QED) is 0.291. The van der Waals surface area contributed by atoms with Gasteiger partial charge in [0.05, 0.1) is 0 Å². The molecule has 98 valence electrons. The summed E-state index contributed by atoms with van der Waals surface area (Å²) in [4.78, 5) is 19.7. The van der Waals surface area contributed by atoms with E-state index in [4.69, 9.17) is 5.84 Å². The van der Waals surface area contributed by atoms with E-state index in [-0.39, 0.29) is 5.91 Å². The highest BCUT2D eigenvalue weighted by molar-refractivity contribution is 7.98. The zero-order chi connectivity index (χ0) is 13.7. The summed E-state index contributed by atoms with van der Waals surface area (Å²) < 4.78 is 0. The fourth-order valence-electron chi connectivity index (χ4n) is 1.44. The van der Waals surface area contributed by atoms with Crippen LogP contribution >= 0.6 is 11.8 Å². The second-order valence-electron chi connectivity index (χ2n) is 4.00. The topological polar surface area (TPSA) is 80.9 Å². The summed E-state index contributed by atoms with van der Waals surface area (Å²) in [5.74, 6) is 5.54. The number of nitrogens with two attached hydrogens (primary N) is 1. The van der Waals surface area contributed by atoms with Crippen molar-refractivity contribution in [1.29, 1.82) is 0 Å². The molecule has 0 unspecified atom stereocenters. The maximum atomic E-state index is 11.3. The number of hydrazine groups is 1. The monoisotopic (exact) mass is 274 g/mol. The van der Waals surface area contributed by atoms with E-state index >= 15 is 0 Å². The van der Waals surface area contributed by atoms with Crippen LogP contribution in [-0.4, -0.2) is 15.9 Å². The van der Waals surface area contributed by atoms with Gasteiger partial charge in [-0.25, -0.2) is 15.8 Å². The van der Waals surface area contributed by atoms with Crippen molar-refractivity contribution < 1.29 is 4.79 Å². The van der Waals surface area contributed by atoms with Crippen molar-refractivity contribution in [3.8, 4) is 0 Å². The molecule has 0 aliphatic heterocycles. The number of aromatic nitrogens is 2. The van der Waals surface area contributed by atoms with Crippen molar-refractivity contribution in [2.45, 2.75) is 17.8 Å². The molecule has 0 radical (unpaired) electrons. The van der Waals surface area contributed by atoms with Crippen LogP contribution in [0.25, 0.3) is 0 Å². The summed E-state index contributed by atoms with van der Waals surface area (Å²) >= 11 is 1.55. The molecule has 0 atom stereocenters. The number of rotatable bonds is 4. The molecule has 0 saturated heterocycles. The Morgan fingerprint density at radius 1 is 1.26 bits per heavy atom. The Labute approximate surface area is 115 Å². The highest BCUT2D eigenvalue weighted by atomic mass is 32.2. The van der Waals surface area contributed by atoms with Gasteiger partial charge in [-0.15, -0.1) is 0 Å². The Bertz CT molecular complexity index is 554. The van der Waals surface area contributed by atoms with Crippen LogP contribution in [0.5, 0.6) is 0 Å². The number of nitrogens with one attached hydrogen (secondary N) is 1. The van der Waals surface area contributed by atoms with Crippen LogP contribution in [0.15, 0.2) is 41.8 Å². The van der Waals surface area contributed by atoms with Crippen LogP contribution in [0.4, 0.5) is 0 Å². The molecule has 1 amide bonds. The van der Waals surface area contributed by atoms with Crippen LogP contribution in [-0.2, 0) is 5.75 Å². The molecule has 0 fully saturated rings. The SMILES string of the molecule is Cc1cnc(SCc2ccc(C(=O)NN)cc2)nc1. The highest BCUT2D eigenvalue weighted by Crippen LogP contribution is 2.19. The van der Waals surface area contributed by atoms with Crippen LogP contribution in [0.3, 0.4) is 0 Å². The number of nitrogens with zero attached hydrogens (tertiary/aromatic N) is 2. The maximum Gasteiger partial charge on any atom is 0.265 e. The molecule has 0 bridgehead atoms. The Hall–Kier alpha value is -1.92. The summed E-state index contributed by atoms with van der Waals surface area (Å²) in [5, 5.41) is 0.745. The molecule has 0 saturated carbocycles. The van der Waals surface area contributed by atoms with Crippen molar-refractivity contribution in [2.24, 2.45) is 5.84 Å². The van der Waals surface area contributed by atoms with Gasteiger partial charge in [0.2, 0.25) is 0 Å². The third-order valence-electron chi connectivity index (χ3n) is 2.47. The molecular formula is C13H14N4OS. The molecule has 0 spiro atoms. The largest absolute Gasteiger partial charge is 0.290 e. The molecule has 5 nitrogen and oxygen atoms in total. The van der Waals surface area contributed by atoms with Gasteiger partial charge in [-0.1, -0.05) is 23.9 Å². The lowest BCUT2D eigenvalue weighted by molar-refractivity contribution is 0.0953. The number of hydrogen-bond acceptors (Lipinski definition) is 5. The number of hydrogen-bond donors (Lipinski definition) is 2. The Morgan fingerprint density at radius 2 is 1.89 bits per heavy atom. The van der Waals surface area contributed by atoms with E-state index in [2.05, 4.69) is 15.4 Å². The van der Waals surface area contributed by atoms with Gasteiger partial charge >= 0.3 is 0 Å². The third kappa shape index (κ3) is 3.77. The lowest BCUT2D eigenvalue weighted by atomic mass is 10.1. The minimum atomic E-state index is -0.291. The smallest absolute Gasteiger partial charge is 0.265 e. The second-order valence-corrected chi connectivity index (χ2v) is 4.94. The van der Waals surface area contributed by atoms with E-state index in [1.807, 2.05) is 19.1 Å². The van der Waals surface area contributed by atoms with Crippen LogP contribution in [0, 0.1) is 6.92 Å². The zero-order valence-corrected chi connectivity index (χ0v) is 11.3. The first kappa shape index (κ1) is 13.5. The van der Waals surface area contributed by atoms with Gasteiger partial charge in [0.15, 0.2) is 5.16 Å². The van der Waals surface area contributed by atoms with Crippen molar-refractivity contribution in [2.75, 3.05) is 0 Å². The molecule has 3 N–H and O–H groups in total. The van der Waals surface area contributed by atoms with E-state index < -0.39 is 0 Å². The van der Waals surface area contributed by atoms with Gasteiger partial charge < -0.3 is 0 Å². The minimum Gasteiger partial charge on any atom is -0.290 e. The van der Waals surface area contributed by atoms with E-state index in [1.54, 1.807) is 36.3 Å². The molecule has 6 heteroatoms. The summed E-state index contributed by atoms with van der Waals surface area (Å²) in [6, 6.07) is 7.28. The number of nitrogen functional groups attached to an aromatic ring is 1. The average Bonchev–Trinajstić information content (AvgIpc) is 2.46. The molecule has 1 aromatic carbocycles. The van der Waals surface area contributed by atoms with Gasteiger partial charge in [-0.05, 0) is 30.2 Å². The second kappa shape index (κ2) is 6.31. The predicted octanol–water partition coefficient (Wildman–Crippen LogP) is 1.68. The van der Waals surface area contributed by atoms with Gasteiger partial charge in [0, 0.05) is 23.7 Å². The molecular weight excluding hydrogens is 260 g/mol.